The van der Waals surface area contributed by atoms with E-state index in [-0.39, 0.29) is 0 Å². The van der Waals surface area contributed by atoms with Crippen molar-refractivity contribution in [3.63, 3.8) is 0 Å². The van der Waals surface area contributed by atoms with Crippen LogP contribution in [0.25, 0.3) is 10.8 Å². The van der Waals surface area contributed by atoms with E-state index >= 15 is 0 Å². The lowest BCUT2D eigenvalue weighted by atomic mass is 9.91. The smallest absolute Gasteiger partial charge is 0.0548 e. The third-order valence-corrected chi connectivity index (χ3v) is 4.86. The summed E-state index contributed by atoms with van der Waals surface area (Å²) in [6.45, 7) is 6.82. The van der Waals surface area contributed by atoms with E-state index < -0.39 is 0 Å². The molecule has 0 saturated carbocycles. The summed E-state index contributed by atoms with van der Waals surface area (Å²) < 4.78 is 0. The summed E-state index contributed by atoms with van der Waals surface area (Å²) in [7, 11) is 0. The molecule has 0 radical (unpaired) electrons. The summed E-state index contributed by atoms with van der Waals surface area (Å²) in [5, 5.41) is 2.67. The molecule has 2 aromatic rings. The van der Waals surface area contributed by atoms with Crippen LogP contribution in [0, 0.1) is 0 Å². The van der Waals surface area contributed by atoms with Crippen LogP contribution in [-0.2, 0) is 0 Å². The summed E-state index contributed by atoms with van der Waals surface area (Å²) >= 11 is 0. The standard InChI is InChI=1S/C22H27N/c1-4-10-21-18(6-3)15-17(5-2)16-23(21)22-14-9-12-19-11-7-8-13-20(19)22/h7-9,11-16,21H,4-6,10H2,1-3H3. The van der Waals surface area contributed by atoms with Crippen LogP contribution in [0.5, 0.6) is 0 Å². The summed E-state index contributed by atoms with van der Waals surface area (Å²) in [4.78, 5) is 2.53. The lowest BCUT2D eigenvalue weighted by Gasteiger charge is -2.37. The minimum Gasteiger partial charge on any atom is -0.340 e. The Labute approximate surface area is 140 Å². The number of allylic oxidation sites excluding steroid dienone is 2. The monoisotopic (exact) mass is 305 g/mol. The van der Waals surface area contributed by atoms with E-state index in [0.717, 1.165) is 12.8 Å². The number of anilines is 1. The molecule has 23 heavy (non-hydrogen) atoms. The number of rotatable bonds is 5. The molecule has 0 amide bonds. The van der Waals surface area contributed by atoms with Gasteiger partial charge in [-0.15, -0.1) is 0 Å². The predicted octanol–water partition coefficient (Wildman–Crippen LogP) is 6.46. The number of hydrogen-bond acceptors (Lipinski definition) is 1. The molecule has 2 aromatic carbocycles. The van der Waals surface area contributed by atoms with Gasteiger partial charge >= 0.3 is 0 Å². The maximum atomic E-state index is 2.53. The van der Waals surface area contributed by atoms with Crippen molar-refractivity contribution in [2.75, 3.05) is 4.90 Å². The van der Waals surface area contributed by atoms with Gasteiger partial charge in [0.2, 0.25) is 0 Å². The topological polar surface area (TPSA) is 3.24 Å². The second kappa shape index (κ2) is 7.04. The fourth-order valence-electron chi connectivity index (χ4n) is 3.62. The minimum absolute atomic E-state index is 0.492. The molecule has 0 aromatic heterocycles. The highest BCUT2D eigenvalue weighted by molar-refractivity contribution is 5.95. The van der Waals surface area contributed by atoms with Crippen molar-refractivity contribution in [3.8, 4) is 0 Å². The van der Waals surface area contributed by atoms with E-state index in [4.69, 9.17) is 0 Å². The van der Waals surface area contributed by atoms with Crippen LogP contribution < -0.4 is 4.90 Å². The maximum Gasteiger partial charge on any atom is 0.0548 e. The average Bonchev–Trinajstić information content (AvgIpc) is 2.61. The van der Waals surface area contributed by atoms with Crippen molar-refractivity contribution in [2.24, 2.45) is 0 Å². The van der Waals surface area contributed by atoms with Gasteiger partial charge in [-0.05, 0) is 41.9 Å². The molecular formula is C22H27N. The number of benzene rings is 2. The Morgan fingerprint density at radius 3 is 2.43 bits per heavy atom. The molecule has 0 saturated heterocycles. The van der Waals surface area contributed by atoms with Gasteiger partial charge in [0.1, 0.15) is 0 Å². The van der Waals surface area contributed by atoms with Gasteiger partial charge in [0.15, 0.2) is 0 Å². The first-order valence-corrected chi connectivity index (χ1v) is 8.95. The Balaban J connectivity index is 2.14. The van der Waals surface area contributed by atoms with Crippen LogP contribution >= 0.6 is 0 Å². The highest BCUT2D eigenvalue weighted by Crippen LogP contribution is 2.35. The third kappa shape index (κ3) is 3.06. The van der Waals surface area contributed by atoms with Gasteiger partial charge < -0.3 is 4.90 Å². The molecule has 1 unspecified atom stereocenters. The minimum atomic E-state index is 0.492. The number of nitrogens with zero attached hydrogens (tertiary/aromatic N) is 1. The SMILES string of the molecule is CCCC1C(CC)=CC(CC)=CN1c1cccc2ccccc12. The van der Waals surface area contributed by atoms with Gasteiger partial charge in [0.05, 0.1) is 6.04 Å². The average molecular weight is 305 g/mol. The second-order valence-electron chi connectivity index (χ2n) is 6.34. The lowest BCUT2D eigenvalue weighted by molar-refractivity contribution is 0.627. The zero-order valence-electron chi connectivity index (χ0n) is 14.5. The van der Waals surface area contributed by atoms with E-state index in [1.165, 1.54) is 34.9 Å². The second-order valence-corrected chi connectivity index (χ2v) is 6.34. The highest BCUT2D eigenvalue weighted by Gasteiger charge is 2.24. The molecule has 1 aliphatic heterocycles. The molecule has 1 heterocycles. The highest BCUT2D eigenvalue weighted by atomic mass is 15.2. The summed E-state index contributed by atoms with van der Waals surface area (Å²) in [6, 6.07) is 15.9. The number of fused-ring (bicyclic) bond motifs is 1. The van der Waals surface area contributed by atoms with Gasteiger partial charge in [0.25, 0.3) is 0 Å². The third-order valence-electron chi connectivity index (χ3n) is 4.86. The Morgan fingerprint density at radius 2 is 1.70 bits per heavy atom. The van der Waals surface area contributed by atoms with Gasteiger partial charge in [-0.2, -0.15) is 0 Å². The molecule has 1 aliphatic rings. The van der Waals surface area contributed by atoms with Crippen LogP contribution in [0.4, 0.5) is 5.69 Å². The van der Waals surface area contributed by atoms with Crippen molar-refractivity contribution in [1.29, 1.82) is 0 Å². The molecule has 0 fully saturated rings. The summed E-state index contributed by atoms with van der Waals surface area (Å²) in [6.07, 6.45) is 9.44. The van der Waals surface area contributed by atoms with Crippen LogP contribution in [0.3, 0.4) is 0 Å². The Morgan fingerprint density at radius 1 is 0.913 bits per heavy atom. The Bertz CT molecular complexity index is 733. The van der Waals surface area contributed by atoms with E-state index in [9.17, 15) is 0 Å². The fraction of sp³-hybridized carbons (Fsp3) is 0.364. The lowest BCUT2D eigenvalue weighted by Crippen LogP contribution is -2.35. The number of hydrogen-bond donors (Lipinski definition) is 0. The molecule has 0 aliphatic carbocycles. The van der Waals surface area contributed by atoms with Crippen molar-refractivity contribution in [1.82, 2.24) is 0 Å². The molecule has 1 nitrogen and oxygen atoms in total. The summed E-state index contributed by atoms with van der Waals surface area (Å²) in [5.74, 6) is 0. The first-order chi connectivity index (χ1) is 11.3. The fourth-order valence-corrected chi connectivity index (χ4v) is 3.62. The zero-order chi connectivity index (χ0) is 16.2. The molecule has 0 N–H and O–H groups in total. The van der Waals surface area contributed by atoms with Gasteiger partial charge in [-0.1, -0.05) is 69.7 Å². The quantitative estimate of drug-likeness (QED) is 0.612. The molecular weight excluding hydrogens is 278 g/mol. The van der Waals surface area contributed by atoms with Crippen LogP contribution in [0.15, 0.2) is 65.9 Å². The Kier molecular flexibility index (Phi) is 4.85. The molecule has 0 spiro atoms. The van der Waals surface area contributed by atoms with Gasteiger partial charge in [0, 0.05) is 17.3 Å². The van der Waals surface area contributed by atoms with Gasteiger partial charge in [-0.25, -0.2) is 0 Å². The van der Waals surface area contributed by atoms with Crippen molar-refractivity contribution in [2.45, 2.75) is 52.5 Å². The van der Waals surface area contributed by atoms with E-state index in [1.54, 1.807) is 5.57 Å². The van der Waals surface area contributed by atoms with Crippen LogP contribution in [0.2, 0.25) is 0 Å². The van der Waals surface area contributed by atoms with Crippen molar-refractivity contribution < 1.29 is 0 Å². The first kappa shape index (κ1) is 15.9. The molecule has 0 bridgehead atoms. The molecule has 3 rings (SSSR count). The first-order valence-electron chi connectivity index (χ1n) is 8.95. The molecule has 120 valence electrons. The normalized spacial score (nSPS) is 18.0. The molecule has 1 atom stereocenters. The largest absolute Gasteiger partial charge is 0.340 e. The van der Waals surface area contributed by atoms with E-state index in [2.05, 4.69) is 80.4 Å². The van der Waals surface area contributed by atoms with Crippen molar-refractivity contribution >= 4 is 16.5 Å². The Hall–Kier alpha value is -2.02. The van der Waals surface area contributed by atoms with E-state index in [1.807, 2.05) is 0 Å². The van der Waals surface area contributed by atoms with Gasteiger partial charge in [-0.3, -0.25) is 0 Å². The summed E-state index contributed by atoms with van der Waals surface area (Å²) in [5.41, 5.74) is 4.34. The zero-order valence-corrected chi connectivity index (χ0v) is 14.5. The van der Waals surface area contributed by atoms with E-state index in [0.29, 0.717) is 6.04 Å². The maximum absolute atomic E-state index is 2.53. The van der Waals surface area contributed by atoms with Crippen LogP contribution in [-0.4, -0.2) is 6.04 Å². The predicted molar refractivity (Wildman–Crippen MR) is 102 cm³/mol. The van der Waals surface area contributed by atoms with Crippen molar-refractivity contribution in [3.05, 3.63) is 65.9 Å². The molecule has 1 heteroatoms. The van der Waals surface area contributed by atoms with Crippen LogP contribution in [0.1, 0.15) is 46.5 Å².